The molecule has 1 N–H and O–H groups in total. The van der Waals surface area contributed by atoms with Gasteiger partial charge in [-0.25, -0.2) is 4.79 Å². The van der Waals surface area contributed by atoms with Crippen molar-refractivity contribution in [3.05, 3.63) is 83.6 Å². The molecule has 2 aliphatic rings. The number of nitrogens with zero attached hydrogens (tertiary/aromatic N) is 3. The van der Waals surface area contributed by atoms with Gasteiger partial charge in [-0.05, 0) is 23.6 Å². The van der Waals surface area contributed by atoms with Crippen molar-refractivity contribution in [1.82, 2.24) is 20.0 Å². The number of fused-ring (bicyclic) bond motifs is 1. The van der Waals surface area contributed by atoms with E-state index in [1.807, 2.05) is 65.6 Å². The van der Waals surface area contributed by atoms with Gasteiger partial charge in [0.05, 0.1) is 5.92 Å². The maximum absolute atomic E-state index is 13.1. The van der Waals surface area contributed by atoms with E-state index in [0.29, 0.717) is 25.2 Å². The van der Waals surface area contributed by atoms with Gasteiger partial charge in [0.25, 0.3) is 5.91 Å². The van der Waals surface area contributed by atoms with Crippen LogP contribution in [0.25, 0.3) is 0 Å². The number of nitrogens with one attached hydrogen (secondary N) is 1. The third-order valence-electron chi connectivity index (χ3n) is 5.86. The molecule has 1 saturated heterocycles. The molecule has 0 saturated carbocycles. The van der Waals surface area contributed by atoms with Crippen molar-refractivity contribution in [2.24, 2.45) is 5.92 Å². The summed E-state index contributed by atoms with van der Waals surface area (Å²) >= 11 is 0. The summed E-state index contributed by atoms with van der Waals surface area (Å²) in [5, 5.41) is 2.97. The fourth-order valence-corrected chi connectivity index (χ4v) is 4.23. The van der Waals surface area contributed by atoms with Crippen LogP contribution in [0.3, 0.4) is 0 Å². The number of hydrogen-bond donors (Lipinski definition) is 1. The standard InChI is InChI=1S/C24H26N4O3/c1-26-22-19(23(30)27(2)24(26)31)15-20(28(22)16-18-11-7-4-8-12-18)21(29)25-14-13-17-9-5-3-6-10-17/h3-12,15,19,22H,13-14,16H2,1-2H3,(H,25,29). The van der Waals surface area contributed by atoms with Gasteiger partial charge in [0.2, 0.25) is 5.91 Å². The number of amides is 4. The van der Waals surface area contributed by atoms with E-state index >= 15 is 0 Å². The van der Waals surface area contributed by atoms with Crippen LogP contribution in [0.4, 0.5) is 4.79 Å². The smallest absolute Gasteiger partial charge is 0.327 e. The molecule has 2 aliphatic heterocycles. The largest absolute Gasteiger partial charge is 0.350 e. The summed E-state index contributed by atoms with van der Waals surface area (Å²) in [5.41, 5.74) is 2.56. The Kier molecular flexibility index (Phi) is 5.75. The van der Waals surface area contributed by atoms with Crippen LogP contribution in [0, 0.1) is 5.92 Å². The third-order valence-corrected chi connectivity index (χ3v) is 5.86. The lowest BCUT2D eigenvalue weighted by atomic mass is 10.0. The fraction of sp³-hybridized carbons (Fsp3) is 0.292. The Bertz CT molecular complexity index is 1010. The van der Waals surface area contributed by atoms with Gasteiger partial charge in [0.15, 0.2) is 0 Å². The van der Waals surface area contributed by atoms with E-state index in [1.54, 1.807) is 13.1 Å². The maximum atomic E-state index is 13.1. The lowest BCUT2D eigenvalue weighted by Gasteiger charge is -2.43. The Balaban J connectivity index is 1.56. The van der Waals surface area contributed by atoms with Gasteiger partial charge in [-0.3, -0.25) is 14.5 Å². The minimum absolute atomic E-state index is 0.238. The number of carbonyl (C=O) groups is 3. The Hall–Kier alpha value is -3.61. The molecule has 0 radical (unpaired) electrons. The molecule has 7 heteroatoms. The highest BCUT2D eigenvalue weighted by Crippen LogP contribution is 2.35. The molecular formula is C24H26N4O3. The summed E-state index contributed by atoms with van der Waals surface area (Å²) in [6.45, 7) is 0.909. The highest BCUT2D eigenvalue weighted by molar-refractivity contribution is 6.02. The van der Waals surface area contributed by atoms with E-state index in [9.17, 15) is 14.4 Å². The molecular weight excluding hydrogens is 392 g/mol. The van der Waals surface area contributed by atoms with Crippen LogP contribution in [0.15, 0.2) is 72.4 Å². The molecule has 4 rings (SSSR count). The van der Waals surface area contributed by atoms with Gasteiger partial charge in [0, 0.05) is 27.2 Å². The molecule has 31 heavy (non-hydrogen) atoms. The summed E-state index contributed by atoms with van der Waals surface area (Å²) in [6, 6.07) is 19.3. The lowest BCUT2D eigenvalue weighted by molar-refractivity contribution is -0.137. The SMILES string of the molecule is CN1C(=O)C2C=C(C(=O)NCCc3ccccc3)N(Cc3ccccc3)C2N(C)C1=O. The van der Waals surface area contributed by atoms with Gasteiger partial charge in [-0.15, -0.1) is 0 Å². The minimum atomic E-state index is -0.578. The monoisotopic (exact) mass is 418 g/mol. The Labute approximate surface area is 181 Å². The second-order valence-electron chi connectivity index (χ2n) is 7.89. The third kappa shape index (κ3) is 4.03. The van der Waals surface area contributed by atoms with Crippen LogP contribution in [-0.2, 0) is 22.6 Å². The van der Waals surface area contributed by atoms with Crippen LogP contribution in [0.2, 0.25) is 0 Å². The quantitative estimate of drug-likeness (QED) is 0.781. The van der Waals surface area contributed by atoms with Crippen LogP contribution >= 0.6 is 0 Å². The molecule has 0 aliphatic carbocycles. The molecule has 7 nitrogen and oxygen atoms in total. The molecule has 0 aromatic heterocycles. The van der Waals surface area contributed by atoms with Crippen LogP contribution in [0.5, 0.6) is 0 Å². The highest BCUT2D eigenvalue weighted by Gasteiger charge is 2.50. The Morgan fingerprint density at radius 3 is 2.19 bits per heavy atom. The molecule has 2 aromatic carbocycles. The molecule has 160 valence electrons. The van der Waals surface area contributed by atoms with Crippen LogP contribution in [0.1, 0.15) is 11.1 Å². The first-order chi connectivity index (χ1) is 15.0. The van der Waals surface area contributed by atoms with E-state index in [-0.39, 0.29) is 17.8 Å². The highest BCUT2D eigenvalue weighted by atomic mass is 16.2. The zero-order valence-electron chi connectivity index (χ0n) is 17.7. The molecule has 0 bridgehead atoms. The van der Waals surface area contributed by atoms with Crippen LogP contribution in [-0.4, -0.2) is 59.4 Å². The number of urea groups is 1. The summed E-state index contributed by atoms with van der Waals surface area (Å²) in [6.07, 6.45) is 1.89. The van der Waals surface area contributed by atoms with E-state index < -0.39 is 12.1 Å². The van der Waals surface area contributed by atoms with E-state index in [4.69, 9.17) is 0 Å². The first kappa shape index (κ1) is 20.7. The molecule has 1 fully saturated rings. The molecule has 4 amide bonds. The predicted octanol–water partition coefficient (Wildman–Crippen LogP) is 2.21. The number of imide groups is 1. The lowest BCUT2D eigenvalue weighted by Crippen LogP contribution is -2.61. The van der Waals surface area contributed by atoms with Crippen molar-refractivity contribution >= 4 is 17.8 Å². The first-order valence-corrected chi connectivity index (χ1v) is 10.4. The molecule has 2 aromatic rings. The fourth-order valence-electron chi connectivity index (χ4n) is 4.23. The van der Waals surface area contributed by atoms with E-state index in [1.165, 1.54) is 11.9 Å². The van der Waals surface area contributed by atoms with Crippen molar-refractivity contribution in [3.63, 3.8) is 0 Å². The molecule has 2 unspecified atom stereocenters. The van der Waals surface area contributed by atoms with Gasteiger partial charge in [0.1, 0.15) is 11.9 Å². The zero-order valence-corrected chi connectivity index (χ0v) is 17.7. The molecule has 0 spiro atoms. The summed E-state index contributed by atoms with van der Waals surface area (Å²) in [7, 11) is 3.15. The van der Waals surface area contributed by atoms with Gasteiger partial charge >= 0.3 is 6.03 Å². The van der Waals surface area contributed by atoms with Crippen LogP contribution < -0.4 is 5.32 Å². The van der Waals surface area contributed by atoms with Crippen molar-refractivity contribution in [2.45, 2.75) is 19.1 Å². The molecule has 2 heterocycles. The Morgan fingerprint density at radius 1 is 0.935 bits per heavy atom. The Morgan fingerprint density at radius 2 is 1.55 bits per heavy atom. The summed E-state index contributed by atoms with van der Waals surface area (Å²) < 4.78 is 0. The number of benzene rings is 2. The summed E-state index contributed by atoms with van der Waals surface area (Å²) in [4.78, 5) is 43.0. The van der Waals surface area contributed by atoms with Crippen molar-refractivity contribution in [3.8, 4) is 0 Å². The van der Waals surface area contributed by atoms with E-state index in [0.717, 1.165) is 16.0 Å². The normalized spacial score (nSPS) is 20.6. The second-order valence-corrected chi connectivity index (χ2v) is 7.89. The predicted molar refractivity (Wildman–Crippen MR) is 116 cm³/mol. The average molecular weight is 418 g/mol. The van der Waals surface area contributed by atoms with Gasteiger partial charge < -0.3 is 15.1 Å². The topological polar surface area (TPSA) is 73.0 Å². The summed E-state index contributed by atoms with van der Waals surface area (Å²) in [5.74, 6) is -1.11. The van der Waals surface area contributed by atoms with Gasteiger partial charge in [-0.2, -0.15) is 0 Å². The van der Waals surface area contributed by atoms with Crippen molar-refractivity contribution in [1.29, 1.82) is 0 Å². The maximum Gasteiger partial charge on any atom is 0.327 e. The number of hydrogen-bond acceptors (Lipinski definition) is 4. The first-order valence-electron chi connectivity index (χ1n) is 10.4. The zero-order chi connectivity index (χ0) is 22.0. The number of rotatable bonds is 6. The second kappa shape index (κ2) is 8.63. The van der Waals surface area contributed by atoms with Crippen molar-refractivity contribution < 1.29 is 14.4 Å². The van der Waals surface area contributed by atoms with E-state index in [2.05, 4.69) is 5.32 Å². The minimum Gasteiger partial charge on any atom is -0.350 e. The average Bonchev–Trinajstić information content (AvgIpc) is 3.17. The number of carbonyl (C=O) groups excluding carboxylic acids is 3. The molecule has 2 atom stereocenters. The van der Waals surface area contributed by atoms with Crippen molar-refractivity contribution in [2.75, 3.05) is 20.6 Å². The van der Waals surface area contributed by atoms with Gasteiger partial charge in [-0.1, -0.05) is 60.7 Å².